The van der Waals surface area contributed by atoms with Crippen LogP contribution in [0.3, 0.4) is 0 Å². The first-order chi connectivity index (χ1) is 9.29. The van der Waals surface area contributed by atoms with Crippen molar-refractivity contribution in [1.29, 1.82) is 0 Å². The van der Waals surface area contributed by atoms with E-state index >= 15 is 0 Å². The summed E-state index contributed by atoms with van der Waals surface area (Å²) in [6.45, 7) is 3.07. The molecule has 0 amide bonds. The van der Waals surface area contributed by atoms with Gasteiger partial charge in [0.15, 0.2) is 0 Å². The molecule has 2 heteroatoms. The van der Waals surface area contributed by atoms with Crippen LogP contribution >= 0.6 is 0 Å². The lowest BCUT2D eigenvalue weighted by atomic mass is 10.0. The molecule has 100 valence electrons. The largest absolute Gasteiger partial charge is 0.314 e. The molecule has 2 aromatic rings. The molecule has 0 aliphatic rings. The van der Waals surface area contributed by atoms with Crippen molar-refractivity contribution in [2.24, 2.45) is 0 Å². The van der Waals surface area contributed by atoms with Crippen molar-refractivity contribution in [2.45, 2.75) is 13.3 Å². The zero-order valence-corrected chi connectivity index (χ0v) is 11.3. The van der Waals surface area contributed by atoms with E-state index in [4.69, 9.17) is 0 Å². The van der Waals surface area contributed by atoms with Crippen LogP contribution in [0.1, 0.15) is 11.1 Å². The van der Waals surface area contributed by atoms with Gasteiger partial charge in [-0.1, -0.05) is 54.1 Å². The Bertz CT molecular complexity index is 488. The standard InChI is InChI=1S/C17H20FN/c1-14-2-6-16(7-3-14)17-8-4-15(5-9-17)10-12-19-13-11-18/h2-9,19H,10-13H2,1H3. The van der Waals surface area contributed by atoms with Crippen molar-refractivity contribution >= 4 is 0 Å². The van der Waals surface area contributed by atoms with E-state index in [9.17, 15) is 4.39 Å². The summed E-state index contributed by atoms with van der Waals surface area (Å²) in [4.78, 5) is 0. The van der Waals surface area contributed by atoms with Crippen molar-refractivity contribution in [1.82, 2.24) is 5.32 Å². The molecule has 0 atom stereocenters. The van der Waals surface area contributed by atoms with Gasteiger partial charge < -0.3 is 5.32 Å². The third-order valence-corrected chi connectivity index (χ3v) is 3.20. The quantitative estimate of drug-likeness (QED) is 0.777. The van der Waals surface area contributed by atoms with E-state index in [0.29, 0.717) is 6.54 Å². The van der Waals surface area contributed by atoms with Crippen LogP contribution in [0, 0.1) is 6.92 Å². The molecule has 0 aromatic heterocycles. The van der Waals surface area contributed by atoms with Crippen LogP contribution in [0.25, 0.3) is 11.1 Å². The summed E-state index contributed by atoms with van der Waals surface area (Å²) < 4.78 is 11.9. The van der Waals surface area contributed by atoms with Gasteiger partial charge in [-0.05, 0) is 36.6 Å². The number of aryl methyl sites for hydroxylation is 1. The van der Waals surface area contributed by atoms with Gasteiger partial charge in [0.1, 0.15) is 6.67 Å². The zero-order valence-electron chi connectivity index (χ0n) is 11.3. The van der Waals surface area contributed by atoms with Gasteiger partial charge >= 0.3 is 0 Å². The van der Waals surface area contributed by atoms with Crippen molar-refractivity contribution in [3.63, 3.8) is 0 Å². The number of benzene rings is 2. The van der Waals surface area contributed by atoms with E-state index in [1.54, 1.807) is 0 Å². The summed E-state index contributed by atoms with van der Waals surface area (Å²) >= 11 is 0. The molecule has 2 rings (SSSR count). The number of alkyl halides is 1. The molecule has 0 spiro atoms. The molecule has 2 aromatic carbocycles. The summed E-state index contributed by atoms with van der Waals surface area (Å²) in [5.41, 5.74) is 5.04. The fraction of sp³-hybridized carbons (Fsp3) is 0.294. The third kappa shape index (κ3) is 4.18. The minimum atomic E-state index is -0.299. The van der Waals surface area contributed by atoms with Gasteiger partial charge in [-0.3, -0.25) is 0 Å². The Labute approximate surface area is 114 Å². The first-order valence-electron chi connectivity index (χ1n) is 6.72. The van der Waals surface area contributed by atoms with Crippen molar-refractivity contribution in [2.75, 3.05) is 19.8 Å². The predicted molar refractivity (Wildman–Crippen MR) is 79.2 cm³/mol. The molecule has 0 heterocycles. The van der Waals surface area contributed by atoms with E-state index in [2.05, 4.69) is 60.8 Å². The molecular weight excluding hydrogens is 237 g/mol. The SMILES string of the molecule is Cc1ccc(-c2ccc(CCNCCF)cc2)cc1. The minimum Gasteiger partial charge on any atom is -0.314 e. The summed E-state index contributed by atoms with van der Waals surface area (Å²) in [5, 5.41) is 3.06. The summed E-state index contributed by atoms with van der Waals surface area (Å²) in [7, 11) is 0. The van der Waals surface area contributed by atoms with E-state index in [1.165, 1.54) is 22.3 Å². The molecule has 0 aliphatic heterocycles. The molecule has 0 saturated heterocycles. The Hall–Kier alpha value is -1.67. The summed E-state index contributed by atoms with van der Waals surface area (Å²) in [5.74, 6) is 0. The average Bonchev–Trinajstić information content (AvgIpc) is 2.45. The molecule has 0 saturated carbocycles. The van der Waals surface area contributed by atoms with E-state index < -0.39 is 0 Å². The highest BCUT2D eigenvalue weighted by atomic mass is 19.1. The Kier molecular flexibility index (Phi) is 5.10. The average molecular weight is 257 g/mol. The fourth-order valence-corrected chi connectivity index (χ4v) is 2.03. The van der Waals surface area contributed by atoms with Crippen LogP contribution in [0.4, 0.5) is 4.39 Å². The molecule has 0 fully saturated rings. The lowest BCUT2D eigenvalue weighted by molar-refractivity contribution is 0.468. The van der Waals surface area contributed by atoms with E-state index in [0.717, 1.165) is 13.0 Å². The van der Waals surface area contributed by atoms with Crippen LogP contribution in [0.15, 0.2) is 48.5 Å². The third-order valence-electron chi connectivity index (χ3n) is 3.20. The van der Waals surface area contributed by atoms with Crippen LogP contribution in [-0.2, 0) is 6.42 Å². The van der Waals surface area contributed by atoms with Crippen molar-refractivity contribution < 1.29 is 4.39 Å². The predicted octanol–water partition coefficient (Wildman–Crippen LogP) is 3.76. The molecule has 1 N–H and O–H groups in total. The van der Waals surface area contributed by atoms with Gasteiger partial charge in [-0.15, -0.1) is 0 Å². The highest BCUT2D eigenvalue weighted by molar-refractivity contribution is 5.63. The Morgan fingerprint density at radius 2 is 1.42 bits per heavy atom. The van der Waals surface area contributed by atoms with Crippen LogP contribution in [-0.4, -0.2) is 19.8 Å². The highest BCUT2D eigenvalue weighted by Crippen LogP contribution is 2.20. The van der Waals surface area contributed by atoms with Crippen LogP contribution < -0.4 is 5.32 Å². The molecule has 19 heavy (non-hydrogen) atoms. The molecule has 0 radical (unpaired) electrons. The summed E-state index contributed by atoms with van der Waals surface area (Å²) in [6, 6.07) is 17.1. The number of rotatable bonds is 6. The van der Waals surface area contributed by atoms with Crippen molar-refractivity contribution in [3.05, 3.63) is 59.7 Å². The van der Waals surface area contributed by atoms with Crippen LogP contribution in [0.2, 0.25) is 0 Å². The van der Waals surface area contributed by atoms with Gasteiger partial charge in [0.25, 0.3) is 0 Å². The number of hydrogen-bond acceptors (Lipinski definition) is 1. The molecule has 1 nitrogen and oxygen atoms in total. The number of hydrogen-bond donors (Lipinski definition) is 1. The zero-order chi connectivity index (χ0) is 13.5. The van der Waals surface area contributed by atoms with Gasteiger partial charge in [0, 0.05) is 6.54 Å². The molecule has 0 unspecified atom stereocenters. The van der Waals surface area contributed by atoms with E-state index in [1.807, 2.05) is 0 Å². The van der Waals surface area contributed by atoms with Gasteiger partial charge in [-0.2, -0.15) is 0 Å². The second-order valence-corrected chi connectivity index (χ2v) is 4.75. The van der Waals surface area contributed by atoms with Crippen LogP contribution in [0.5, 0.6) is 0 Å². The highest BCUT2D eigenvalue weighted by Gasteiger charge is 1.98. The smallest absolute Gasteiger partial charge is 0.102 e. The number of halogens is 1. The maximum Gasteiger partial charge on any atom is 0.102 e. The molecule has 0 aliphatic carbocycles. The first-order valence-corrected chi connectivity index (χ1v) is 6.72. The van der Waals surface area contributed by atoms with Gasteiger partial charge in [0.2, 0.25) is 0 Å². The number of nitrogens with one attached hydrogen (secondary N) is 1. The Balaban J connectivity index is 1.96. The summed E-state index contributed by atoms with van der Waals surface area (Å²) in [6.07, 6.45) is 0.939. The van der Waals surface area contributed by atoms with Crippen molar-refractivity contribution in [3.8, 4) is 11.1 Å². The monoisotopic (exact) mass is 257 g/mol. The Morgan fingerprint density at radius 3 is 2.00 bits per heavy atom. The van der Waals surface area contributed by atoms with E-state index in [-0.39, 0.29) is 6.67 Å². The fourth-order valence-electron chi connectivity index (χ4n) is 2.03. The topological polar surface area (TPSA) is 12.0 Å². The Morgan fingerprint density at radius 1 is 0.842 bits per heavy atom. The van der Waals surface area contributed by atoms with Gasteiger partial charge in [0.05, 0.1) is 0 Å². The molecular formula is C17H20FN. The second kappa shape index (κ2) is 7.05. The lowest BCUT2D eigenvalue weighted by Crippen LogP contribution is -2.19. The normalized spacial score (nSPS) is 10.6. The lowest BCUT2D eigenvalue weighted by Gasteiger charge is -2.06. The maximum absolute atomic E-state index is 11.9. The maximum atomic E-state index is 11.9. The minimum absolute atomic E-state index is 0.299. The second-order valence-electron chi connectivity index (χ2n) is 4.75. The molecule has 0 bridgehead atoms. The first kappa shape index (κ1) is 13.8. The van der Waals surface area contributed by atoms with Gasteiger partial charge in [-0.25, -0.2) is 4.39 Å².